The molecule has 2 rings (SSSR count). The molecule has 2 aromatic rings. The van der Waals surface area contributed by atoms with Crippen LogP contribution >= 0.6 is 31.9 Å². The first-order valence-corrected chi connectivity index (χ1v) is 14.0. The van der Waals surface area contributed by atoms with E-state index >= 15 is 0 Å². The maximum atomic E-state index is 11.7. The number of nitrogens with two attached hydrogens (primary N) is 2. The van der Waals surface area contributed by atoms with Crippen molar-refractivity contribution in [3.63, 3.8) is 0 Å². The van der Waals surface area contributed by atoms with Gasteiger partial charge in [-0.3, -0.25) is 9.59 Å². The predicted octanol–water partition coefficient (Wildman–Crippen LogP) is 4.74. The number of halogens is 2. The molecule has 0 fully saturated rings. The summed E-state index contributed by atoms with van der Waals surface area (Å²) in [5.41, 5.74) is 11.2. The predicted molar refractivity (Wildman–Crippen MR) is 160 cm³/mol. The lowest BCUT2D eigenvalue weighted by atomic mass is 10.1. The Morgan fingerprint density at radius 3 is 1.27 bits per heavy atom. The fraction of sp³-hybridized carbons (Fsp3) is 0.429. The first-order valence-electron chi connectivity index (χ1n) is 12.4. The van der Waals surface area contributed by atoms with Crippen molar-refractivity contribution in [2.24, 2.45) is 11.5 Å². The van der Waals surface area contributed by atoms with Crippen molar-refractivity contribution < 1.29 is 28.7 Å². The quantitative estimate of drug-likeness (QED) is 0.314. The van der Waals surface area contributed by atoms with Crippen LogP contribution < -0.4 is 22.1 Å². The van der Waals surface area contributed by atoms with Gasteiger partial charge in [-0.25, -0.2) is 9.59 Å². The van der Waals surface area contributed by atoms with E-state index in [-0.39, 0.29) is 0 Å². The molecule has 0 saturated heterocycles. The van der Waals surface area contributed by atoms with Crippen molar-refractivity contribution in [3.8, 4) is 0 Å². The van der Waals surface area contributed by atoms with E-state index in [4.69, 9.17) is 20.9 Å². The van der Waals surface area contributed by atoms with Crippen LogP contribution in [0.25, 0.3) is 0 Å². The van der Waals surface area contributed by atoms with Gasteiger partial charge in [-0.05, 0) is 76.9 Å². The zero-order chi connectivity index (χ0) is 30.7. The summed E-state index contributed by atoms with van der Waals surface area (Å²) in [7, 11) is 0. The molecule has 40 heavy (non-hydrogen) atoms. The number of nitrogens with one attached hydrogen (secondary N) is 2. The van der Waals surface area contributed by atoms with Gasteiger partial charge in [-0.2, -0.15) is 0 Å². The fourth-order valence-electron chi connectivity index (χ4n) is 3.14. The number of primary amides is 2. The third kappa shape index (κ3) is 15.5. The summed E-state index contributed by atoms with van der Waals surface area (Å²) in [5, 5.41) is 4.98. The Morgan fingerprint density at radius 1 is 0.700 bits per heavy atom. The van der Waals surface area contributed by atoms with E-state index in [0.717, 1.165) is 20.1 Å². The van der Waals surface area contributed by atoms with Crippen LogP contribution in [0, 0.1) is 0 Å². The zero-order valence-electron chi connectivity index (χ0n) is 23.5. The van der Waals surface area contributed by atoms with Gasteiger partial charge in [0.2, 0.25) is 11.8 Å². The Morgan fingerprint density at radius 2 is 1.02 bits per heavy atom. The van der Waals surface area contributed by atoms with E-state index in [1.54, 1.807) is 41.5 Å². The average molecular weight is 686 g/mol. The number of carbonyl (C=O) groups excluding carboxylic acids is 4. The molecular formula is C28H38Br2N4O6. The monoisotopic (exact) mass is 684 g/mol. The van der Waals surface area contributed by atoms with E-state index < -0.39 is 47.3 Å². The van der Waals surface area contributed by atoms with E-state index in [0.29, 0.717) is 12.8 Å². The van der Waals surface area contributed by atoms with E-state index in [1.807, 2.05) is 48.5 Å². The van der Waals surface area contributed by atoms with Gasteiger partial charge in [0.15, 0.2) is 0 Å². The highest BCUT2D eigenvalue weighted by molar-refractivity contribution is 9.10. The molecule has 220 valence electrons. The van der Waals surface area contributed by atoms with Crippen LogP contribution in [-0.2, 0) is 31.9 Å². The lowest BCUT2D eigenvalue weighted by Gasteiger charge is -2.22. The molecule has 0 aliphatic carbocycles. The zero-order valence-corrected chi connectivity index (χ0v) is 26.7. The molecule has 0 unspecified atom stereocenters. The third-order valence-corrected chi connectivity index (χ3v) is 5.71. The molecule has 2 atom stereocenters. The Labute approximate surface area is 252 Å². The second-order valence-electron chi connectivity index (χ2n) is 10.9. The van der Waals surface area contributed by atoms with Gasteiger partial charge in [-0.15, -0.1) is 0 Å². The van der Waals surface area contributed by atoms with Gasteiger partial charge >= 0.3 is 12.2 Å². The number of benzene rings is 2. The van der Waals surface area contributed by atoms with Crippen LogP contribution in [0.5, 0.6) is 0 Å². The minimum Gasteiger partial charge on any atom is -0.444 e. The highest BCUT2D eigenvalue weighted by Crippen LogP contribution is 2.15. The topological polar surface area (TPSA) is 163 Å². The first kappa shape index (κ1) is 34.9. The number of hydrogen-bond acceptors (Lipinski definition) is 6. The molecule has 0 radical (unpaired) electrons. The van der Waals surface area contributed by atoms with Crippen molar-refractivity contribution in [3.05, 3.63) is 68.6 Å². The molecule has 0 spiro atoms. The van der Waals surface area contributed by atoms with Gasteiger partial charge in [0, 0.05) is 21.8 Å². The SMILES string of the molecule is CC(C)(C)OC(=O)N[C@@H](Cc1cccc(Br)c1)C(N)=O.CC(C)(C)OC(=O)N[C@H](Cc1cccc(Br)c1)C(N)=O. The molecular weight excluding hydrogens is 648 g/mol. The van der Waals surface area contributed by atoms with Gasteiger partial charge < -0.3 is 31.6 Å². The molecule has 0 saturated carbocycles. The Kier molecular flexibility index (Phi) is 13.6. The number of alkyl carbamates (subject to hydrolysis) is 2. The summed E-state index contributed by atoms with van der Waals surface area (Å²) in [6.07, 6.45) is -0.685. The van der Waals surface area contributed by atoms with Crippen LogP contribution in [0.3, 0.4) is 0 Å². The largest absolute Gasteiger partial charge is 0.444 e. The van der Waals surface area contributed by atoms with Crippen molar-refractivity contribution in [1.29, 1.82) is 0 Å². The molecule has 0 bridgehead atoms. The number of amides is 4. The van der Waals surface area contributed by atoms with Crippen molar-refractivity contribution >= 4 is 55.9 Å². The minimum absolute atomic E-state index is 0.314. The smallest absolute Gasteiger partial charge is 0.408 e. The minimum atomic E-state index is -0.806. The lowest BCUT2D eigenvalue weighted by Crippen LogP contribution is -2.47. The molecule has 0 aliphatic heterocycles. The second-order valence-corrected chi connectivity index (χ2v) is 12.7. The van der Waals surface area contributed by atoms with Crippen molar-refractivity contribution in [2.75, 3.05) is 0 Å². The highest BCUT2D eigenvalue weighted by atomic mass is 79.9. The van der Waals surface area contributed by atoms with Crippen LogP contribution in [0.15, 0.2) is 57.5 Å². The Bertz CT molecular complexity index is 1090. The lowest BCUT2D eigenvalue weighted by molar-refractivity contribution is -0.120. The summed E-state index contributed by atoms with van der Waals surface area (Å²) >= 11 is 6.70. The van der Waals surface area contributed by atoms with Crippen molar-refractivity contribution in [1.82, 2.24) is 10.6 Å². The third-order valence-electron chi connectivity index (χ3n) is 4.73. The molecule has 2 aromatic carbocycles. The van der Waals surface area contributed by atoms with Gasteiger partial charge in [0.1, 0.15) is 23.3 Å². The van der Waals surface area contributed by atoms with Gasteiger partial charge in [0.05, 0.1) is 0 Å². The molecule has 4 amide bonds. The molecule has 0 heterocycles. The van der Waals surface area contributed by atoms with Crippen LogP contribution in [-0.4, -0.2) is 47.3 Å². The maximum Gasteiger partial charge on any atom is 0.408 e. The molecule has 6 N–H and O–H groups in total. The molecule has 12 heteroatoms. The average Bonchev–Trinajstić information content (AvgIpc) is 2.76. The standard InChI is InChI=1S/2C14H19BrN2O3/c2*1-14(2,3)20-13(19)17-11(12(16)18)8-9-5-4-6-10(15)7-9/h2*4-7,11H,8H2,1-3H3,(H2,16,18)(H,17,19)/t2*11-/m10/s1. The maximum absolute atomic E-state index is 11.7. The summed E-state index contributed by atoms with van der Waals surface area (Å²) in [6.45, 7) is 10.5. The molecule has 10 nitrogen and oxygen atoms in total. The van der Waals surface area contributed by atoms with E-state index in [9.17, 15) is 19.2 Å². The van der Waals surface area contributed by atoms with E-state index in [2.05, 4.69) is 42.5 Å². The van der Waals surface area contributed by atoms with Crippen LogP contribution in [0.2, 0.25) is 0 Å². The van der Waals surface area contributed by atoms with Gasteiger partial charge in [-0.1, -0.05) is 56.1 Å². The second kappa shape index (κ2) is 15.6. The Balaban J connectivity index is 0.000000400. The number of ether oxygens (including phenoxy) is 2. The van der Waals surface area contributed by atoms with Crippen LogP contribution in [0.1, 0.15) is 52.7 Å². The highest BCUT2D eigenvalue weighted by Gasteiger charge is 2.24. The van der Waals surface area contributed by atoms with Crippen LogP contribution in [0.4, 0.5) is 9.59 Å². The fourth-order valence-corrected chi connectivity index (χ4v) is 4.04. The van der Waals surface area contributed by atoms with E-state index in [1.165, 1.54) is 0 Å². The molecule has 0 aliphatic rings. The van der Waals surface area contributed by atoms with Gasteiger partial charge in [0.25, 0.3) is 0 Å². The number of rotatable bonds is 8. The summed E-state index contributed by atoms with van der Waals surface area (Å²) in [4.78, 5) is 46.2. The number of carbonyl (C=O) groups is 4. The summed E-state index contributed by atoms with van der Waals surface area (Å²) in [6, 6.07) is 13.3. The molecule has 0 aromatic heterocycles. The Hall–Kier alpha value is -3.12. The number of hydrogen-bond donors (Lipinski definition) is 4. The first-order chi connectivity index (χ1) is 18.3. The normalized spacial score (nSPS) is 12.6. The summed E-state index contributed by atoms with van der Waals surface area (Å²) in [5.74, 6) is -1.20. The summed E-state index contributed by atoms with van der Waals surface area (Å²) < 4.78 is 12.0. The van der Waals surface area contributed by atoms with Crippen molar-refractivity contribution in [2.45, 2.75) is 77.7 Å².